The number of carbonyl (C=O) groups is 2. The number of rotatable bonds is 6. The highest BCUT2D eigenvalue weighted by molar-refractivity contribution is 5.92. The summed E-state index contributed by atoms with van der Waals surface area (Å²) in [6.07, 6.45) is 6.47. The van der Waals surface area contributed by atoms with Crippen molar-refractivity contribution in [3.63, 3.8) is 0 Å². The summed E-state index contributed by atoms with van der Waals surface area (Å²) in [5, 5.41) is 7.84. The summed E-state index contributed by atoms with van der Waals surface area (Å²) in [4.78, 5) is 27.6. The Morgan fingerprint density at radius 2 is 1.82 bits per heavy atom. The highest BCUT2D eigenvalue weighted by Gasteiger charge is 2.45. The van der Waals surface area contributed by atoms with Crippen molar-refractivity contribution in [2.75, 3.05) is 21.1 Å². The summed E-state index contributed by atoms with van der Waals surface area (Å²) in [6.45, 7) is 0.103. The second-order valence-corrected chi connectivity index (χ2v) is 6.67. The maximum Gasteiger partial charge on any atom is 0.276 e. The van der Waals surface area contributed by atoms with Gasteiger partial charge in [-0.3, -0.25) is 9.59 Å². The Balaban J connectivity index is 1.66. The van der Waals surface area contributed by atoms with Crippen LogP contribution in [0.1, 0.15) is 36.2 Å². The van der Waals surface area contributed by atoms with Crippen LogP contribution in [0, 0.1) is 11.8 Å². The highest BCUT2D eigenvalue weighted by Crippen LogP contribution is 2.47. The Hall–Kier alpha value is -1.92. The van der Waals surface area contributed by atoms with Gasteiger partial charge in [-0.05, 0) is 37.5 Å². The van der Waals surface area contributed by atoms with Crippen molar-refractivity contribution >= 4 is 11.8 Å². The van der Waals surface area contributed by atoms with Crippen LogP contribution in [0.25, 0.3) is 0 Å². The smallest absolute Gasteiger partial charge is 0.276 e. The molecule has 1 aromatic heterocycles. The molecule has 0 bridgehead atoms. The van der Waals surface area contributed by atoms with Gasteiger partial charge in [0.1, 0.15) is 6.54 Å². The molecule has 0 atom stereocenters. The van der Waals surface area contributed by atoms with E-state index in [1.165, 1.54) is 35.3 Å². The third-order valence-electron chi connectivity index (χ3n) is 4.53. The molecule has 2 saturated carbocycles. The first kappa shape index (κ1) is 15.0. The van der Waals surface area contributed by atoms with E-state index in [0.29, 0.717) is 23.6 Å². The molecule has 2 fully saturated rings. The van der Waals surface area contributed by atoms with Gasteiger partial charge in [-0.2, -0.15) is 0 Å². The quantitative estimate of drug-likeness (QED) is 0.773. The van der Waals surface area contributed by atoms with Gasteiger partial charge in [0.2, 0.25) is 5.91 Å². The first-order chi connectivity index (χ1) is 10.5. The van der Waals surface area contributed by atoms with E-state index in [9.17, 15) is 9.59 Å². The summed E-state index contributed by atoms with van der Waals surface area (Å²) in [5.41, 5.74) is 0.320. The maximum atomic E-state index is 12.6. The van der Waals surface area contributed by atoms with Crippen LogP contribution in [0.4, 0.5) is 0 Å². The number of hydrogen-bond donors (Lipinski definition) is 0. The predicted molar refractivity (Wildman–Crippen MR) is 80.0 cm³/mol. The van der Waals surface area contributed by atoms with E-state index in [1.807, 2.05) is 11.9 Å². The molecule has 1 aromatic rings. The monoisotopic (exact) mass is 305 g/mol. The van der Waals surface area contributed by atoms with Crippen LogP contribution in [-0.4, -0.2) is 63.8 Å². The Labute approximate surface area is 130 Å². The maximum absolute atomic E-state index is 12.6. The molecule has 7 heteroatoms. The zero-order chi connectivity index (χ0) is 15.9. The van der Waals surface area contributed by atoms with Crippen molar-refractivity contribution < 1.29 is 9.59 Å². The van der Waals surface area contributed by atoms with Gasteiger partial charge in [0.25, 0.3) is 5.91 Å². The second-order valence-electron chi connectivity index (χ2n) is 6.67. The molecule has 0 spiro atoms. The van der Waals surface area contributed by atoms with Crippen molar-refractivity contribution in [3.05, 3.63) is 11.9 Å². The van der Waals surface area contributed by atoms with E-state index in [0.717, 1.165) is 0 Å². The van der Waals surface area contributed by atoms with Crippen molar-refractivity contribution in [2.24, 2.45) is 11.8 Å². The average Bonchev–Trinajstić information content (AvgIpc) is 3.40. The molecule has 3 rings (SSSR count). The Kier molecular flexibility index (Phi) is 3.88. The number of amides is 2. The van der Waals surface area contributed by atoms with Crippen LogP contribution < -0.4 is 0 Å². The molecule has 0 aromatic carbocycles. The summed E-state index contributed by atoms with van der Waals surface area (Å²) < 4.78 is 1.42. The SMILES string of the molecule is CN(C)C(=O)Cn1cc(C(=O)N(C)C(C2CC2)C2CC2)nn1. The molecule has 0 unspecified atom stereocenters. The molecule has 0 N–H and O–H groups in total. The fourth-order valence-electron chi connectivity index (χ4n) is 2.96. The summed E-state index contributed by atoms with van der Waals surface area (Å²) in [5.74, 6) is 1.15. The van der Waals surface area contributed by atoms with Crippen LogP contribution >= 0.6 is 0 Å². The van der Waals surface area contributed by atoms with E-state index in [4.69, 9.17) is 0 Å². The van der Waals surface area contributed by atoms with Gasteiger partial charge < -0.3 is 9.80 Å². The second kappa shape index (κ2) is 5.70. The fraction of sp³-hybridized carbons (Fsp3) is 0.733. The lowest BCUT2D eigenvalue weighted by atomic mass is 10.1. The number of nitrogens with zero attached hydrogens (tertiary/aromatic N) is 5. The molecule has 0 aliphatic heterocycles. The van der Waals surface area contributed by atoms with Gasteiger partial charge in [0.15, 0.2) is 5.69 Å². The first-order valence-electron chi connectivity index (χ1n) is 7.85. The van der Waals surface area contributed by atoms with Crippen LogP contribution in [0.2, 0.25) is 0 Å². The number of carbonyl (C=O) groups excluding carboxylic acids is 2. The molecule has 0 saturated heterocycles. The van der Waals surface area contributed by atoms with Gasteiger partial charge in [-0.15, -0.1) is 5.10 Å². The van der Waals surface area contributed by atoms with E-state index < -0.39 is 0 Å². The van der Waals surface area contributed by atoms with Crippen LogP contribution in [0.3, 0.4) is 0 Å². The molecule has 1 heterocycles. The molecular formula is C15H23N5O2. The van der Waals surface area contributed by atoms with E-state index in [2.05, 4.69) is 10.3 Å². The normalized spacial score (nSPS) is 17.6. The Bertz CT molecular complexity index is 562. The lowest BCUT2D eigenvalue weighted by molar-refractivity contribution is -0.129. The van der Waals surface area contributed by atoms with Crippen molar-refractivity contribution in [1.29, 1.82) is 0 Å². The molecule has 2 aliphatic carbocycles. The molecule has 2 aliphatic rings. The number of likely N-dealkylation sites (N-methyl/N-ethyl adjacent to an activating group) is 1. The molecule has 7 nitrogen and oxygen atoms in total. The molecule has 22 heavy (non-hydrogen) atoms. The van der Waals surface area contributed by atoms with Gasteiger partial charge in [-0.1, -0.05) is 5.21 Å². The van der Waals surface area contributed by atoms with E-state index in [-0.39, 0.29) is 18.4 Å². The van der Waals surface area contributed by atoms with Gasteiger partial charge in [0.05, 0.1) is 6.20 Å². The Morgan fingerprint density at radius 1 is 1.23 bits per heavy atom. The summed E-state index contributed by atoms with van der Waals surface area (Å²) in [7, 11) is 5.25. The van der Waals surface area contributed by atoms with Crippen molar-refractivity contribution in [1.82, 2.24) is 24.8 Å². The molecule has 2 amide bonds. The first-order valence-corrected chi connectivity index (χ1v) is 7.85. The summed E-state index contributed by atoms with van der Waals surface area (Å²) >= 11 is 0. The Morgan fingerprint density at radius 3 is 2.32 bits per heavy atom. The fourth-order valence-corrected chi connectivity index (χ4v) is 2.96. The third-order valence-corrected chi connectivity index (χ3v) is 4.53. The standard InChI is InChI=1S/C15H23N5O2/c1-18(2)13(21)9-20-8-12(16-17-20)15(22)19(3)14(10-4-5-10)11-6-7-11/h8,10-11,14H,4-7,9H2,1-3H3. The van der Waals surface area contributed by atoms with Crippen LogP contribution in [0.15, 0.2) is 6.20 Å². The number of hydrogen-bond acceptors (Lipinski definition) is 4. The minimum absolute atomic E-state index is 0.0777. The van der Waals surface area contributed by atoms with Crippen LogP contribution in [-0.2, 0) is 11.3 Å². The minimum Gasteiger partial charge on any atom is -0.347 e. The summed E-state index contributed by atoms with van der Waals surface area (Å²) in [6, 6.07) is 0.348. The molecule has 0 radical (unpaired) electrons. The van der Waals surface area contributed by atoms with Crippen LogP contribution in [0.5, 0.6) is 0 Å². The molecular weight excluding hydrogens is 282 g/mol. The minimum atomic E-state index is -0.0904. The predicted octanol–water partition coefficient (Wildman–Crippen LogP) is 0.627. The lowest BCUT2D eigenvalue weighted by Crippen LogP contribution is -2.40. The highest BCUT2D eigenvalue weighted by atomic mass is 16.2. The van der Waals surface area contributed by atoms with Crippen molar-refractivity contribution in [2.45, 2.75) is 38.3 Å². The van der Waals surface area contributed by atoms with Gasteiger partial charge in [0, 0.05) is 27.2 Å². The van der Waals surface area contributed by atoms with E-state index in [1.54, 1.807) is 20.3 Å². The topological polar surface area (TPSA) is 71.3 Å². The largest absolute Gasteiger partial charge is 0.347 e. The zero-order valence-corrected chi connectivity index (χ0v) is 13.4. The van der Waals surface area contributed by atoms with E-state index >= 15 is 0 Å². The van der Waals surface area contributed by atoms with Gasteiger partial charge >= 0.3 is 0 Å². The van der Waals surface area contributed by atoms with Crippen molar-refractivity contribution in [3.8, 4) is 0 Å². The lowest BCUT2D eigenvalue weighted by Gasteiger charge is -2.27. The average molecular weight is 305 g/mol. The number of aromatic nitrogens is 3. The third kappa shape index (κ3) is 3.13. The molecule has 120 valence electrons. The van der Waals surface area contributed by atoms with Gasteiger partial charge in [-0.25, -0.2) is 4.68 Å². The zero-order valence-electron chi connectivity index (χ0n) is 13.4.